The summed E-state index contributed by atoms with van der Waals surface area (Å²) in [4.78, 5) is 18.5. The molecule has 6 nitrogen and oxygen atoms in total. The molecule has 0 amide bonds. The van der Waals surface area contributed by atoms with Crippen molar-refractivity contribution in [1.29, 1.82) is 0 Å². The van der Waals surface area contributed by atoms with E-state index in [0.717, 1.165) is 5.56 Å². The smallest absolute Gasteiger partial charge is 0.320 e. The minimum absolute atomic E-state index is 0.385. The van der Waals surface area contributed by atoms with Gasteiger partial charge in [0.1, 0.15) is 6.04 Å². The first-order valence-electron chi connectivity index (χ1n) is 4.10. The number of carbonyl (C=O) groups is 1. The zero-order chi connectivity index (χ0) is 11.7. The fraction of sp³-hybridized carbons (Fsp3) is 0.222. The van der Waals surface area contributed by atoms with Crippen LogP contribution < -0.4 is 5.73 Å². The predicted molar refractivity (Wildman–Crippen MR) is 53.3 cm³/mol. The fourth-order valence-electron chi connectivity index (χ4n) is 0.955. The Bertz CT molecular complexity index is 302. The monoisotopic (exact) mass is 212 g/mol. The summed E-state index contributed by atoms with van der Waals surface area (Å²) in [6.07, 6.45) is 0.385. The van der Waals surface area contributed by atoms with Crippen molar-refractivity contribution in [3.63, 3.8) is 0 Å². The predicted octanol–water partition coefficient (Wildman–Crippen LogP) is 0.783. The molecule has 0 saturated heterocycles. The highest BCUT2D eigenvalue weighted by Gasteiger charge is 2.10. The molecule has 1 atom stereocenters. The Morgan fingerprint density at radius 2 is 1.87 bits per heavy atom. The Morgan fingerprint density at radius 3 is 2.27 bits per heavy atom. The summed E-state index contributed by atoms with van der Waals surface area (Å²) in [6, 6.07) is 8.54. The number of rotatable bonds is 3. The van der Waals surface area contributed by atoms with Gasteiger partial charge in [-0.25, -0.2) is 0 Å². The number of hydrogen-bond acceptors (Lipinski definition) is 4. The van der Waals surface area contributed by atoms with Crippen LogP contribution in [0.25, 0.3) is 0 Å². The number of carboxylic acids is 1. The molecule has 1 aromatic carbocycles. The molecule has 1 rings (SSSR count). The SMILES string of the molecule is N[C@@H](Cc1ccccc1)C(=O)O.O=NO. The summed E-state index contributed by atoms with van der Waals surface area (Å²) in [5.41, 5.74) is 6.30. The topological polar surface area (TPSA) is 113 Å². The van der Waals surface area contributed by atoms with Gasteiger partial charge in [-0.1, -0.05) is 30.3 Å². The Balaban J connectivity index is 0.000000583. The maximum Gasteiger partial charge on any atom is 0.320 e. The Morgan fingerprint density at radius 1 is 1.40 bits per heavy atom. The minimum atomic E-state index is -0.959. The van der Waals surface area contributed by atoms with Gasteiger partial charge in [-0.15, -0.1) is 4.91 Å². The zero-order valence-electron chi connectivity index (χ0n) is 7.91. The number of carboxylic acid groups (broad SMARTS) is 1. The molecule has 0 aromatic heterocycles. The van der Waals surface area contributed by atoms with Crippen LogP contribution >= 0.6 is 0 Å². The van der Waals surface area contributed by atoms with E-state index in [1.165, 1.54) is 5.34 Å². The van der Waals surface area contributed by atoms with E-state index < -0.39 is 12.0 Å². The van der Waals surface area contributed by atoms with Gasteiger partial charge in [0.05, 0.1) is 0 Å². The molecule has 0 aliphatic rings. The standard InChI is InChI=1S/C9H11NO2.HNO2/c10-8(9(11)12)6-7-4-2-1-3-5-7;2-1-3/h1-5,8H,6,10H2,(H,11,12);(H,2,3)/t8-;/m0./s1. The van der Waals surface area contributed by atoms with Gasteiger partial charge in [0, 0.05) is 0 Å². The Kier molecular flexibility index (Phi) is 6.48. The van der Waals surface area contributed by atoms with E-state index in [2.05, 4.69) is 0 Å². The largest absolute Gasteiger partial charge is 0.480 e. The van der Waals surface area contributed by atoms with Gasteiger partial charge in [-0.2, -0.15) is 0 Å². The third kappa shape index (κ3) is 6.17. The van der Waals surface area contributed by atoms with E-state index in [0.29, 0.717) is 6.42 Å². The lowest BCUT2D eigenvalue weighted by Crippen LogP contribution is -2.32. The second-order valence-electron chi connectivity index (χ2n) is 2.72. The molecule has 0 unspecified atom stereocenters. The highest BCUT2D eigenvalue weighted by molar-refractivity contribution is 5.73. The number of benzene rings is 1. The lowest BCUT2D eigenvalue weighted by Gasteiger charge is -2.04. The molecule has 0 radical (unpaired) electrons. The first-order valence-corrected chi connectivity index (χ1v) is 4.10. The summed E-state index contributed by atoms with van der Waals surface area (Å²) >= 11 is 0. The summed E-state index contributed by atoms with van der Waals surface area (Å²) in [5.74, 6) is -0.959. The lowest BCUT2D eigenvalue weighted by molar-refractivity contribution is -0.138. The van der Waals surface area contributed by atoms with Crippen LogP contribution in [0.4, 0.5) is 0 Å². The molecule has 4 N–H and O–H groups in total. The van der Waals surface area contributed by atoms with Gasteiger partial charge < -0.3 is 16.0 Å². The first-order chi connectivity index (χ1) is 7.11. The molecule has 6 heteroatoms. The molecule has 0 aliphatic heterocycles. The molecule has 0 spiro atoms. The summed E-state index contributed by atoms with van der Waals surface area (Å²) in [5, 5.41) is 16.4. The molecule has 0 heterocycles. The fourth-order valence-corrected chi connectivity index (χ4v) is 0.955. The highest BCUT2D eigenvalue weighted by atomic mass is 16.6. The first kappa shape index (κ1) is 13.1. The quantitative estimate of drug-likeness (QED) is 0.506. The van der Waals surface area contributed by atoms with Gasteiger partial charge in [-0.3, -0.25) is 4.79 Å². The summed E-state index contributed by atoms with van der Waals surface area (Å²) in [7, 11) is 0. The van der Waals surface area contributed by atoms with E-state index in [4.69, 9.17) is 21.0 Å². The van der Waals surface area contributed by atoms with Crippen molar-refractivity contribution in [1.82, 2.24) is 0 Å². The second kappa shape index (κ2) is 7.45. The molecule has 0 bridgehead atoms. The van der Waals surface area contributed by atoms with E-state index in [1.807, 2.05) is 30.3 Å². The van der Waals surface area contributed by atoms with E-state index in [9.17, 15) is 4.79 Å². The second-order valence-corrected chi connectivity index (χ2v) is 2.72. The lowest BCUT2D eigenvalue weighted by atomic mass is 10.1. The Labute approximate surface area is 86.3 Å². The van der Waals surface area contributed by atoms with Crippen LogP contribution in [0.5, 0.6) is 0 Å². The van der Waals surface area contributed by atoms with Crippen molar-refractivity contribution >= 4 is 5.97 Å². The number of nitrogens with two attached hydrogens (primary N) is 1. The van der Waals surface area contributed by atoms with Gasteiger partial charge >= 0.3 is 5.97 Å². The average molecular weight is 212 g/mol. The average Bonchev–Trinajstić information content (AvgIpc) is 2.20. The molecule has 0 saturated carbocycles. The van der Waals surface area contributed by atoms with E-state index in [-0.39, 0.29) is 0 Å². The van der Waals surface area contributed by atoms with Gasteiger partial charge in [0.15, 0.2) is 5.34 Å². The third-order valence-electron chi connectivity index (χ3n) is 1.62. The Hall–Kier alpha value is -1.95. The van der Waals surface area contributed by atoms with Crippen LogP contribution in [0.1, 0.15) is 5.56 Å². The number of nitrogens with zero attached hydrogens (tertiary/aromatic N) is 1. The van der Waals surface area contributed by atoms with Crippen molar-refractivity contribution in [2.75, 3.05) is 0 Å². The highest BCUT2D eigenvalue weighted by Crippen LogP contribution is 2.01. The van der Waals surface area contributed by atoms with Crippen molar-refractivity contribution < 1.29 is 15.1 Å². The molecule has 0 fully saturated rings. The molecule has 0 aliphatic carbocycles. The number of aliphatic carboxylic acids is 1. The van der Waals surface area contributed by atoms with Crippen LogP contribution in [0, 0.1) is 4.91 Å². The molecule has 15 heavy (non-hydrogen) atoms. The number of hydrogen-bond donors (Lipinski definition) is 3. The van der Waals surface area contributed by atoms with Crippen LogP contribution in [-0.2, 0) is 11.2 Å². The van der Waals surface area contributed by atoms with Crippen LogP contribution in [-0.4, -0.2) is 22.3 Å². The van der Waals surface area contributed by atoms with Gasteiger partial charge in [-0.05, 0) is 12.0 Å². The van der Waals surface area contributed by atoms with Crippen molar-refractivity contribution in [3.8, 4) is 0 Å². The van der Waals surface area contributed by atoms with Gasteiger partial charge in [0.25, 0.3) is 0 Å². The van der Waals surface area contributed by atoms with Crippen molar-refractivity contribution in [2.24, 2.45) is 11.1 Å². The summed E-state index contributed by atoms with van der Waals surface area (Å²) < 4.78 is 0. The summed E-state index contributed by atoms with van der Waals surface area (Å²) in [6.45, 7) is 0. The maximum absolute atomic E-state index is 10.4. The molecule has 82 valence electrons. The van der Waals surface area contributed by atoms with Crippen LogP contribution in [0.2, 0.25) is 0 Å². The van der Waals surface area contributed by atoms with Crippen LogP contribution in [0.15, 0.2) is 35.7 Å². The zero-order valence-corrected chi connectivity index (χ0v) is 7.91. The normalized spacial score (nSPS) is 10.7. The third-order valence-corrected chi connectivity index (χ3v) is 1.62. The maximum atomic E-state index is 10.4. The molecular formula is C9H12N2O4. The molecule has 1 aromatic rings. The molecular weight excluding hydrogens is 200 g/mol. The van der Waals surface area contributed by atoms with Crippen molar-refractivity contribution in [2.45, 2.75) is 12.5 Å². The van der Waals surface area contributed by atoms with Crippen LogP contribution in [0.3, 0.4) is 0 Å². The van der Waals surface area contributed by atoms with E-state index >= 15 is 0 Å². The van der Waals surface area contributed by atoms with Gasteiger partial charge in [0.2, 0.25) is 0 Å². The van der Waals surface area contributed by atoms with Crippen molar-refractivity contribution in [3.05, 3.63) is 40.8 Å². The van der Waals surface area contributed by atoms with E-state index in [1.54, 1.807) is 0 Å². The minimum Gasteiger partial charge on any atom is -0.480 e.